The van der Waals surface area contributed by atoms with Gasteiger partial charge in [0.15, 0.2) is 10.1 Å². The summed E-state index contributed by atoms with van der Waals surface area (Å²) in [6, 6.07) is 0. The van der Waals surface area contributed by atoms with Gasteiger partial charge < -0.3 is 10.4 Å². The minimum atomic E-state index is 0.459. The molecule has 0 fully saturated rings. The van der Waals surface area contributed by atoms with Crippen LogP contribution in [0, 0.1) is 0 Å². The second kappa shape index (κ2) is 26.9. The van der Waals surface area contributed by atoms with Crippen molar-refractivity contribution < 1.29 is 10.4 Å². The summed E-state index contributed by atoms with van der Waals surface area (Å²) >= 11 is 3.01. The Kier molecular flexibility index (Phi) is 26.6. The van der Waals surface area contributed by atoms with E-state index in [1.807, 2.05) is 0 Å². The Morgan fingerprint density at radius 1 is 0.438 bits per heavy atom. The van der Waals surface area contributed by atoms with Crippen LogP contribution in [-0.2, 0) is 0 Å². The van der Waals surface area contributed by atoms with Crippen LogP contribution in [0.15, 0.2) is 10.3 Å². The van der Waals surface area contributed by atoms with Crippen molar-refractivity contribution in [1.29, 1.82) is 0 Å². The van der Waals surface area contributed by atoms with E-state index < -0.39 is 0 Å². The molecule has 0 spiro atoms. The van der Waals surface area contributed by atoms with Gasteiger partial charge in [0.25, 0.3) is 0 Å². The SMILES string of the molecule is CCCCCCCCCCCCSC(=N\O)/C(=N\O)SCCCCCCCCCCCC. The number of hydrogen-bond donors (Lipinski definition) is 2. The highest BCUT2D eigenvalue weighted by atomic mass is 32.2. The number of thioether (sulfide) groups is 2. The zero-order chi connectivity index (χ0) is 23.5. The minimum absolute atomic E-state index is 0.459. The molecule has 2 N–H and O–H groups in total. The average Bonchev–Trinajstić information content (AvgIpc) is 2.81. The van der Waals surface area contributed by atoms with Crippen LogP contribution >= 0.6 is 23.5 Å². The van der Waals surface area contributed by atoms with Crippen LogP contribution in [0.3, 0.4) is 0 Å². The standard InChI is InChI=1S/C26H52N2O2S2/c1-3-5-7-9-11-13-15-17-19-21-23-31-25(27-29)26(28-30)32-24-22-20-18-16-14-12-10-8-6-4-2/h29-30H,3-24H2,1-2H3/b27-25-,28-26+. The molecule has 0 aromatic rings. The van der Waals surface area contributed by atoms with Gasteiger partial charge in [-0.15, -0.1) is 23.5 Å². The number of unbranched alkanes of at least 4 members (excludes halogenated alkanes) is 18. The number of nitrogens with zero attached hydrogens (tertiary/aromatic N) is 2. The molecule has 4 nitrogen and oxygen atoms in total. The van der Waals surface area contributed by atoms with E-state index in [0.717, 1.165) is 24.3 Å². The summed E-state index contributed by atoms with van der Waals surface area (Å²) in [6.07, 6.45) is 26.3. The largest absolute Gasteiger partial charge is 0.410 e. The van der Waals surface area contributed by atoms with E-state index in [2.05, 4.69) is 24.2 Å². The van der Waals surface area contributed by atoms with Crippen molar-refractivity contribution in [3.8, 4) is 0 Å². The summed E-state index contributed by atoms with van der Waals surface area (Å²) in [4.78, 5) is 0. The first-order valence-electron chi connectivity index (χ1n) is 13.5. The Balaban J connectivity index is 3.64. The molecule has 0 saturated heterocycles. The molecule has 32 heavy (non-hydrogen) atoms. The lowest BCUT2D eigenvalue weighted by molar-refractivity contribution is 0.316. The normalized spacial score (nSPS) is 12.6. The molecule has 0 atom stereocenters. The van der Waals surface area contributed by atoms with Gasteiger partial charge in [-0.2, -0.15) is 0 Å². The van der Waals surface area contributed by atoms with Crippen LogP contribution in [0.5, 0.6) is 0 Å². The summed E-state index contributed by atoms with van der Waals surface area (Å²) in [5.74, 6) is 1.82. The summed E-state index contributed by atoms with van der Waals surface area (Å²) < 4.78 is 0. The van der Waals surface area contributed by atoms with Gasteiger partial charge in [-0.25, -0.2) is 0 Å². The van der Waals surface area contributed by atoms with E-state index in [1.165, 1.54) is 139 Å². The maximum atomic E-state index is 9.33. The Hall–Kier alpha value is -0.360. The van der Waals surface area contributed by atoms with Gasteiger partial charge >= 0.3 is 0 Å². The van der Waals surface area contributed by atoms with Gasteiger partial charge in [0.2, 0.25) is 0 Å². The smallest absolute Gasteiger partial charge is 0.171 e. The Morgan fingerprint density at radius 3 is 0.938 bits per heavy atom. The summed E-state index contributed by atoms with van der Waals surface area (Å²) in [7, 11) is 0. The first kappa shape index (κ1) is 31.6. The van der Waals surface area contributed by atoms with E-state index in [1.54, 1.807) is 0 Å². The van der Waals surface area contributed by atoms with Crippen LogP contribution in [0.25, 0.3) is 0 Å². The van der Waals surface area contributed by atoms with Crippen LogP contribution in [0.1, 0.15) is 142 Å². The van der Waals surface area contributed by atoms with Crippen molar-refractivity contribution in [2.45, 2.75) is 142 Å². The fraction of sp³-hybridized carbons (Fsp3) is 0.923. The molecule has 0 aliphatic heterocycles. The highest BCUT2D eigenvalue weighted by Gasteiger charge is 2.12. The van der Waals surface area contributed by atoms with Gasteiger partial charge in [0, 0.05) is 0 Å². The molecule has 0 heterocycles. The van der Waals surface area contributed by atoms with Crippen molar-refractivity contribution in [1.82, 2.24) is 0 Å². The quantitative estimate of drug-likeness (QED) is 0.0523. The van der Waals surface area contributed by atoms with Crippen LogP contribution in [-0.4, -0.2) is 32.0 Å². The molecule has 0 bridgehead atoms. The number of rotatable bonds is 22. The molecule has 0 radical (unpaired) electrons. The maximum Gasteiger partial charge on any atom is 0.171 e. The Bertz CT molecular complexity index is 406. The first-order valence-corrected chi connectivity index (χ1v) is 15.5. The maximum absolute atomic E-state index is 9.33. The topological polar surface area (TPSA) is 65.2 Å². The second-order valence-corrected chi connectivity index (χ2v) is 11.0. The van der Waals surface area contributed by atoms with Gasteiger partial charge in [-0.1, -0.05) is 140 Å². The fourth-order valence-corrected chi connectivity index (χ4v) is 5.66. The molecule has 0 rings (SSSR count). The highest BCUT2D eigenvalue weighted by molar-refractivity contribution is 8.25. The van der Waals surface area contributed by atoms with Crippen molar-refractivity contribution in [2.24, 2.45) is 10.3 Å². The Morgan fingerprint density at radius 2 is 0.688 bits per heavy atom. The van der Waals surface area contributed by atoms with Gasteiger partial charge in [-0.05, 0) is 24.3 Å². The fourth-order valence-electron chi connectivity index (χ4n) is 3.78. The minimum Gasteiger partial charge on any atom is -0.410 e. The van der Waals surface area contributed by atoms with E-state index in [9.17, 15) is 10.4 Å². The first-order chi connectivity index (χ1) is 15.8. The van der Waals surface area contributed by atoms with E-state index in [0.29, 0.717) is 10.1 Å². The van der Waals surface area contributed by atoms with Crippen molar-refractivity contribution in [3.05, 3.63) is 0 Å². The van der Waals surface area contributed by atoms with Crippen LogP contribution in [0.2, 0.25) is 0 Å². The zero-order valence-electron chi connectivity index (χ0n) is 21.2. The number of oxime groups is 2. The highest BCUT2D eigenvalue weighted by Crippen LogP contribution is 2.19. The second-order valence-electron chi connectivity index (χ2n) is 8.87. The molecule has 0 amide bonds. The summed E-state index contributed by atoms with van der Waals surface area (Å²) in [5.41, 5.74) is 0. The van der Waals surface area contributed by atoms with Crippen LogP contribution in [0.4, 0.5) is 0 Å². The third-order valence-electron chi connectivity index (χ3n) is 5.84. The molecule has 0 aromatic heterocycles. The lowest BCUT2D eigenvalue weighted by Gasteiger charge is -2.07. The molecular weight excluding hydrogens is 436 g/mol. The van der Waals surface area contributed by atoms with Crippen molar-refractivity contribution >= 4 is 33.6 Å². The number of hydrogen-bond acceptors (Lipinski definition) is 6. The molecule has 0 unspecified atom stereocenters. The lowest BCUT2D eigenvalue weighted by atomic mass is 10.1. The van der Waals surface area contributed by atoms with Gasteiger partial charge in [-0.3, -0.25) is 0 Å². The molecule has 0 aliphatic carbocycles. The molecule has 0 aliphatic rings. The van der Waals surface area contributed by atoms with E-state index in [-0.39, 0.29) is 0 Å². The summed E-state index contributed by atoms with van der Waals surface area (Å²) in [5, 5.41) is 26.3. The lowest BCUT2D eigenvalue weighted by Crippen LogP contribution is -2.08. The van der Waals surface area contributed by atoms with Crippen molar-refractivity contribution in [3.63, 3.8) is 0 Å². The van der Waals surface area contributed by atoms with Gasteiger partial charge in [0.1, 0.15) is 0 Å². The molecule has 190 valence electrons. The van der Waals surface area contributed by atoms with E-state index in [4.69, 9.17) is 0 Å². The monoisotopic (exact) mass is 488 g/mol. The molecule has 0 aromatic carbocycles. The molecule has 6 heteroatoms. The third kappa shape index (κ3) is 21.5. The third-order valence-corrected chi connectivity index (χ3v) is 8.05. The average molecular weight is 489 g/mol. The zero-order valence-corrected chi connectivity index (χ0v) is 22.8. The summed E-state index contributed by atoms with van der Waals surface area (Å²) in [6.45, 7) is 4.52. The predicted molar refractivity (Wildman–Crippen MR) is 147 cm³/mol. The van der Waals surface area contributed by atoms with E-state index >= 15 is 0 Å². The Labute approximate surface area is 207 Å². The molecular formula is C26H52N2O2S2. The van der Waals surface area contributed by atoms with Crippen LogP contribution < -0.4 is 0 Å². The van der Waals surface area contributed by atoms with Gasteiger partial charge in [0.05, 0.1) is 0 Å². The van der Waals surface area contributed by atoms with Crippen molar-refractivity contribution in [2.75, 3.05) is 11.5 Å². The predicted octanol–water partition coefficient (Wildman–Crippen LogP) is 9.87. The molecule has 0 saturated carbocycles.